The van der Waals surface area contributed by atoms with E-state index in [9.17, 15) is 8.42 Å². The molecule has 0 atom stereocenters. The molecule has 0 aromatic carbocycles. The molecule has 17 heavy (non-hydrogen) atoms. The second-order valence-electron chi connectivity index (χ2n) is 5.40. The van der Waals surface area contributed by atoms with Gasteiger partial charge in [0.05, 0.1) is 11.4 Å². The Labute approximate surface area is 105 Å². The summed E-state index contributed by atoms with van der Waals surface area (Å²) in [7, 11) is -2.87. The summed E-state index contributed by atoms with van der Waals surface area (Å²) in [6.07, 6.45) is 6.14. The van der Waals surface area contributed by atoms with Gasteiger partial charge in [-0.2, -0.15) is 0 Å². The molecule has 0 unspecified atom stereocenters. The Hall–Kier alpha value is -0.130. The normalized spacial score (nSPS) is 30.4. The van der Waals surface area contributed by atoms with Crippen LogP contribution in [0.5, 0.6) is 0 Å². The number of sulfone groups is 1. The fourth-order valence-electron chi connectivity index (χ4n) is 2.31. The Balaban J connectivity index is 2.32. The van der Waals surface area contributed by atoms with Gasteiger partial charge in [0.25, 0.3) is 0 Å². The number of ether oxygens (including phenoxy) is 1. The van der Waals surface area contributed by atoms with Crippen molar-refractivity contribution in [3.8, 4) is 0 Å². The van der Waals surface area contributed by atoms with Gasteiger partial charge in [0.2, 0.25) is 0 Å². The minimum Gasteiger partial charge on any atom is -0.374 e. The molecular formula is C12H25NO3S. The first kappa shape index (κ1) is 14.9. The Morgan fingerprint density at radius 1 is 1.35 bits per heavy atom. The summed E-state index contributed by atoms with van der Waals surface area (Å²) < 4.78 is 27.9. The molecule has 1 fully saturated rings. The van der Waals surface area contributed by atoms with Gasteiger partial charge in [0.15, 0.2) is 0 Å². The summed E-state index contributed by atoms with van der Waals surface area (Å²) in [6, 6.07) is 0. The second-order valence-corrected chi connectivity index (χ2v) is 7.66. The van der Waals surface area contributed by atoms with Crippen LogP contribution in [-0.2, 0) is 14.6 Å². The van der Waals surface area contributed by atoms with Crippen LogP contribution < -0.4 is 5.73 Å². The Bertz CT molecular complexity index is 319. The lowest BCUT2D eigenvalue weighted by Crippen LogP contribution is -2.44. The van der Waals surface area contributed by atoms with Crippen molar-refractivity contribution in [1.29, 1.82) is 0 Å². The average Bonchev–Trinajstić information content (AvgIpc) is 2.26. The first-order valence-corrected chi connectivity index (χ1v) is 8.45. The summed E-state index contributed by atoms with van der Waals surface area (Å²) in [5, 5.41) is 0. The van der Waals surface area contributed by atoms with E-state index in [1.807, 2.05) is 0 Å². The minimum absolute atomic E-state index is 0.190. The van der Waals surface area contributed by atoms with Crippen molar-refractivity contribution >= 4 is 9.84 Å². The lowest BCUT2D eigenvalue weighted by atomic mass is 9.79. The van der Waals surface area contributed by atoms with Gasteiger partial charge in [-0.15, -0.1) is 0 Å². The molecule has 0 amide bonds. The highest BCUT2D eigenvalue weighted by atomic mass is 32.2. The number of hydrogen-bond donors (Lipinski definition) is 1. The predicted octanol–water partition coefficient (Wildman–Crippen LogP) is 1.35. The molecule has 1 aliphatic rings. The Kier molecular flexibility index (Phi) is 5.41. The van der Waals surface area contributed by atoms with Gasteiger partial charge in [-0.25, -0.2) is 8.42 Å². The molecule has 0 heterocycles. The number of nitrogens with two attached hydrogens (primary N) is 1. The van der Waals surface area contributed by atoms with E-state index in [0.29, 0.717) is 19.6 Å². The summed E-state index contributed by atoms with van der Waals surface area (Å²) in [6.45, 7) is 3.29. The molecule has 0 spiro atoms. The van der Waals surface area contributed by atoms with E-state index in [-0.39, 0.29) is 11.4 Å². The summed E-state index contributed by atoms with van der Waals surface area (Å²) in [5.41, 5.74) is 5.62. The molecule has 2 N–H and O–H groups in total. The third kappa shape index (κ3) is 5.36. The van der Waals surface area contributed by atoms with Crippen LogP contribution in [0.25, 0.3) is 0 Å². The van der Waals surface area contributed by atoms with Gasteiger partial charge < -0.3 is 10.5 Å². The number of rotatable bonds is 6. The zero-order chi connectivity index (χ0) is 12.9. The molecule has 0 aliphatic heterocycles. The van der Waals surface area contributed by atoms with Gasteiger partial charge >= 0.3 is 0 Å². The fraction of sp³-hybridized carbons (Fsp3) is 1.00. The highest BCUT2D eigenvalue weighted by molar-refractivity contribution is 7.90. The van der Waals surface area contributed by atoms with Gasteiger partial charge in [0.1, 0.15) is 9.84 Å². The number of hydrogen-bond acceptors (Lipinski definition) is 4. The van der Waals surface area contributed by atoms with Crippen molar-refractivity contribution in [3.63, 3.8) is 0 Å². The molecule has 1 saturated carbocycles. The minimum atomic E-state index is -2.87. The summed E-state index contributed by atoms with van der Waals surface area (Å²) >= 11 is 0. The maximum absolute atomic E-state index is 11.0. The van der Waals surface area contributed by atoms with E-state index in [0.717, 1.165) is 31.6 Å². The van der Waals surface area contributed by atoms with E-state index in [1.54, 1.807) is 0 Å². The van der Waals surface area contributed by atoms with Gasteiger partial charge in [-0.1, -0.05) is 6.92 Å². The van der Waals surface area contributed by atoms with Crippen molar-refractivity contribution in [2.75, 3.05) is 25.2 Å². The van der Waals surface area contributed by atoms with Crippen molar-refractivity contribution in [3.05, 3.63) is 0 Å². The van der Waals surface area contributed by atoms with Crippen LogP contribution in [0.1, 0.15) is 39.0 Å². The van der Waals surface area contributed by atoms with Crippen LogP contribution >= 0.6 is 0 Å². The standard InChI is InChI=1S/C12H25NO3S/c1-11-4-6-12(10-13,7-5-11)16-8-3-9-17(2,14)15/h11H,3-10,13H2,1-2H3. The monoisotopic (exact) mass is 263 g/mol. The lowest BCUT2D eigenvalue weighted by molar-refractivity contribution is -0.0695. The van der Waals surface area contributed by atoms with Crippen molar-refractivity contribution in [2.24, 2.45) is 11.7 Å². The highest BCUT2D eigenvalue weighted by Crippen LogP contribution is 2.34. The molecule has 102 valence electrons. The van der Waals surface area contributed by atoms with Gasteiger partial charge in [-0.05, 0) is 38.0 Å². The largest absolute Gasteiger partial charge is 0.374 e. The molecule has 0 aromatic heterocycles. The van der Waals surface area contributed by atoms with E-state index in [1.165, 1.54) is 6.26 Å². The third-order valence-electron chi connectivity index (χ3n) is 3.63. The zero-order valence-electron chi connectivity index (χ0n) is 10.9. The molecule has 5 heteroatoms. The molecule has 1 aliphatic carbocycles. The highest BCUT2D eigenvalue weighted by Gasteiger charge is 2.33. The maximum Gasteiger partial charge on any atom is 0.147 e. The van der Waals surface area contributed by atoms with Gasteiger partial charge in [-0.3, -0.25) is 0 Å². The first-order chi connectivity index (χ1) is 7.87. The Morgan fingerprint density at radius 3 is 2.41 bits per heavy atom. The summed E-state index contributed by atoms with van der Waals surface area (Å²) in [5.74, 6) is 0.957. The van der Waals surface area contributed by atoms with E-state index in [2.05, 4.69) is 6.92 Å². The van der Waals surface area contributed by atoms with Crippen LogP contribution in [0, 0.1) is 5.92 Å². The van der Waals surface area contributed by atoms with Crippen LogP contribution in [0.15, 0.2) is 0 Å². The molecule has 0 bridgehead atoms. The van der Waals surface area contributed by atoms with E-state index >= 15 is 0 Å². The zero-order valence-corrected chi connectivity index (χ0v) is 11.8. The first-order valence-electron chi connectivity index (χ1n) is 6.39. The molecule has 0 radical (unpaired) electrons. The Morgan fingerprint density at radius 2 is 1.94 bits per heavy atom. The molecule has 1 rings (SSSR count). The third-order valence-corrected chi connectivity index (χ3v) is 4.66. The van der Waals surface area contributed by atoms with Crippen LogP contribution in [0.3, 0.4) is 0 Å². The lowest BCUT2D eigenvalue weighted by Gasteiger charge is -2.38. The van der Waals surface area contributed by atoms with E-state index < -0.39 is 9.84 Å². The van der Waals surface area contributed by atoms with Crippen LogP contribution in [0.2, 0.25) is 0 Å². The van der Waals surface area contributed by atoms with Crippen LogP contribution in [-0.4, -0.2) is 39.2 Å². The van der Waals surface area contributed by atoms with Crippen LogP contribution in [0.4, 0.5) is 0 Å². The summed E-state index contributed by atoms with van der Waals surface area (Å²) in [4.78, 5) is 0. The van der Waals surface area contributed by atoms with Gasteiger partial charge in [0, 0.05) is 19.4 Å². The molecule has 0 saturated heterocycles. The predicted molar refractivity (Wildman–Crippen MR) is 69.7 cm³/mol. The van der Waals surface area contributed by atoms with Crippen molar-refractivity contribution in [2.45, 2.75) is 44.6 Å². The van der Waals surface area contributed by atoms with Crippen molar-refractivity contribution < 1.29 is 13.2 Å². The topological polar surface area (TPSA) is 69.4 Å². The molecule has 0 aromatic rings. The fourth-order valence-corrected chi connectivity index (χ4v) is 2.95. The molecule has 4 nitrogen and oxygen atoms in total. The van der Waals surface area contributed by atoms with E-state index in [4.69, 9.17) is 10.5 Å². The SMILES string of the molecule is CC1CCC(CN)(OCCCS(C)(=O)=O)CC1. The smallest absolute Gasteiger partial charge is 0.147 e. The maximum atomic E-state index is 11.0. The quantitative estimate of drug-likeness (QED) is 0.734. The second kappa shape index (κ2) is 6.16. The average molecular weight is 263 g/mol. The van der Waals surface area contributed by atoms with Crippen molar-refractivity contribution in [1.82, 2.24) is 0 Å². The molecular weight excluding hydrogens is 238 g/mol.